The summed E-state index contributed by atoms with van der Waals surface area (Å²) >= 11 is 0. The quantitative estimate of drug-likeness (QED) is 0.273. The number of hydroxylamine groups is 1. The van der Waals surface area contributed by atoms with Gasteiger partial charge in [-0.3, -0.25) is 15.7 Å². The second-order valence-electron chi connectivity index (χ2n) is 2.31. The molecule has 0 aromatic carbocycles. The number of aliphatic imine (C=N–C) groups is 1. The Hall–Kier alpha value is -0.690. The van der Waals surface area contributed by atoms with Gasteiger partial charge in [0, 0.05) is 0 Å². The van der Waals surface area contributed by atoms with Gasteiger partial charge in [-0.05, 0) is 0 Å². The summed E-state index contributed by atoms with van der Waals surface area (Å²) in [5, 5.41) is 35.0. The fourth-order valence-electron chi connectivity index (χ4n) is 0.947. The molecule has 0 aromatic heterocycles. The largest absolute Gasteiger partial charge is 0.394 e. The summed E-state index contributed by atoms with van der Waals surface area (Å²) in [5.74, 6) is -0.114. The molecule has 6 heteroatoms. The standard InChI is InChI=1S/C5H10N2O4/c8-1-2-3(9)4(10)5(6-2)7-11/h2-4,8-11H,1H2,(H,6,7)/t2-,3-,4-/m1/s1. The fraction of sp³-hybridized carbons (Fsp3) is 0.800. The zero-order chi connectivity index (χ0) is 8.43. The van der Waals surface area contributed by atoms with Crippen LogP contribution in [0.25, 0.3) is 0 Å². The van der Waals surface area contributed by atoms with Crippen LogP contribution in [0.3, 0.4) is 0 Å². The van der Waals surface area contributed by atoms with Crippen LogP contribution in [-0.2, 0) is 0 Å². The molecule has 6 nitrogen and oxygen atoms in total. The molecule has 0 saturated heterocycles. The number of amidine groups is 1. The van der Waals surface area contributed by atoms with Crippen LogP contribution < -0.4 is 5.48 Å². The van der Waals surface area contributed by atoms with E-state index in [1.165, 1.54) is 0 Å². The Bertz CT molecular complexity index is 172. The maximum Gasteiger partial charge on any atom is 0.153 e. The smallest absolute Gasteiger partial charge is 0.153 e. The monoisotopic (exact) mass is 162 g/mol. The Balaban J connectivity index is 2.68. The van der Waals surface area contributed by atoms with Crippen molar-refractivity contribution >= 4 is 5.84 Å². The lowest BCUT2D eigenvalue weighted by Crippen LogP contribution is -2.39. The highest BCUT2D eigenvalue weighted by Crippen LogP contribution is 2.12. The first-order valence-electron chi connectivity index (χ1n) is 3.15. The van der Waals surface area contributed by atoms with E-state index in [4.69, 9.17) is 20.5 Å². The fourth-order valence-corrected chi connectivity index (χ4v) is 0.947. The molecule has 0 unspecified atom stereocenters. The number of aliphatic hydroxyl groups is 3. The molecule has 0 fully saturated rings. The molecule has 0 saturated carbocycles. The topological polar surface area (TPSA) is 105 Å². The van der Waals surface area contributed by atoms with Crippen molar-refractivity contribution in [1.29, 1.82) is 0 Å². The maximum atomic E-state index is 9.08. The number of hydrogen-bond acceptors (Lipinski definition) is 6. The van der Waals surface area contributed by atoms with Crippen molar-refractivity contribution in [1.82, 2.24) is 5.48 Å². The van der Waals surface area contributed by atoms with Crippen LogP contribution in [0.2, 0.25) is 0 Å². The highest BCUT2D eigenvalue weighted by molar-refractivity contribution is 5.88. The van der Waals surface area contributed by atoms with Gasteiger partial charge in [0.15, 0.2) is 5.84 Å². The minimum Gasteiger partial charge on any atom is -0.394 e. The predicted octanol–water partition coefficient (Wildman–Crippen LogP) is -2.54. The average Bonchev–Trinajstić information content (AvgIpc) is 2.30. The second kappa shape index (κ2) is 3.14. The lowest BCUT2D eigenvalue weighted by atomic mass is 10.1. The SMILES string of the molecule is OC[C@H]1N=C(NO)[C@H](O)[C@@H]1O. The molecule has 0 bridgehead atoms. The van der Waals surface area contributed by atoms with Crippen molar-refractivity contribution in [3.8, 4) is 0 Å². The molecule has 1 heterocycles. The van der Waals surface area contributed by atoms with E-state index in [0.29, 0.717) is 0 Å². The third-order valence-electron chi connectivity index (χ3n) is 1.60. The van der Waals surface area contributed by atoms with Crippen molar-refractivity contribution in [3.05, 3.63) is 0 Å². The Morgan fingerprint density at radius 3 is 2.36 bits per heavy atom. The van der Waals surface area contributed by atoms with E-state index in [9.17, 15) is 0 Å². The van der Waals surface area contributed by atoms with Crippen LogP contribution in [0.15, 0.2) is 4.99 Å². The first kappa shape index (κ1) is 8.41. The van der Waals surface area contributed by atoms with E-state index < -0.39 is 18.2 Å². The molecule has 0 aliphatic carbocycles. The third kappa shape index (κ3) is 1.33. The summed E-state index contributed by atoms with van der Waals surface area (Å²) in [6.45, 7) is -0.358. The molecule has 0 spiro atoms. The molecule has 64 valence electrons. The lowest BCUT2D eigenvalue weighted by molar-refractivity contribution is 0.0368. The van der Waals surface area contributed by atoms with Gasteiger partial charge in [-0.1, -0.05) is 0 Å². The van der Waals surface area contributed by atoms with Gasteiger partial charge in [0.25, 0.3) is 0 Å². The van der Waals surface area contributed by atoms with Crippen molar-refractivity contribution in [2.45, 2.75) is 18.2 Å². The Morgan fingerprint density at radius 2 is 2.09 bits per heavy atom. The summed E-state index contributed by atoms with van der Waals surface area (Å²) in [5.41, 5.74) is 1.64. The van der Waals surface area contributed by atoms with E-state index in [1.54, 1.807) is 5.48 Å². The highest BCUT2D eigenvalue weighted by atomic mass is 16.5. The lowest BCUT2D eigenvalue weighted by Gasteiger charge is -2.12. The number of nitrogens with zero attached hydrogens (tertiary/aromatic N) is 1. The molecule has 3 atom stereocenters. The Labute approximate surface area is 62.8 Å². The molecule has 1 aliphatic heterocycles. The van der Waals surface area contributed by atoms with Gasteiger partial charge in [0.2, 0.25) is 0 Å². The van der Waals surface area contributed by atoms with Crippen molar-refractivity contribution < 1.29 is 20.5 Å². The van der Waals surface area contributed by atoms with E-state index in [1.807, 2.05) is 0 Å². The summed E-state index contributed by atoms with van der Waals surface area (Å²) in [6.07, 6.45) is -2.38. The van der Waals surface area contributed by atoms with E-state index >= 15 is 0 Å². The first-order chi connectivity index (χ1) is 5.20. The Morgan fingerprint density at radius 1 is 1.45 bits per heavy atom. The van der Waals surface area contributed by atoms with E-state index in [2.05, 4.69) is 4.99 Å². The van der Waals surface area contributed by atoms with Gasteiger partial charge in [0.1, 0.15) is 18.2 Å². The van der Waals surface area contributed by atoms with Crippen LogP contribution in [0.4, 0.5) is 0 Å². The number of rotatable bonds is 1. The molecule has 5 N–H and O–H groups in total. The Kier molecular flexibility index (Phi) is 2.40. The second-order valence-corrected chi connectivity index (χ2v) is 2.31. The minimum absolute atomic E-state index is 0.114. The summed E-state index contributed by atoms with van der Waals surface area (Å²) in [6, 6.07) is -0.750. The highest BCUT2D eigenvalue weighted by Gasteiger charge is 2.35. The van der Waals surface area contributed by atoms with Gasteiger partial charge in [0.05, 0.1) is 6.61 Å². The molecule has 0 radical (unpaired) electrons. The molecule has 1 rings (SSSR count). The molecule has 0 amide bonds. The number of hydrogen-bond donors (Lipinski definition) is 5. The van der Waals surface area contributed by atoms with Gasteiger partial charge in [-0.2, -0.15) is 0 Å². The zero-order valence-corrected chi connectivity index (χ0v) is 5.68. The molecule has 1 aliphatic rings. The minimum atomic E-state index is -1.24. The van der Waals surface area contributed by atoms with Crippen molar-refractivity contribution in [2.24, 2.45) is 4.99 Å². The van der Waals surface area contributed by atoms with Crippen LogP contribution >= 0.6 is 0 Å². The van der Waals surface area contributed by atoms with E-state index in [0.717, 1.165) is 0 Å². The summed E-state index contributed by atoms with van der Waals surface area (Å²) in [7, 11) is 0. The van der Waals surface area contributed by atoms with Crippen LogP contribution in [0, 0.1) is 0 Å². The van der Waals surface area contributed by atoms with Crippen molar-refractivity contribution in [2.75, 3.05) is 6.61 Å². The average molecular weight is 162 g/mol. The van der Waals surface area contributed by atoms with Crippen LogP contribution in [0.5, 0.6) is 0 Å². The van der Waals surface area contributed by atoms with Crippen LogP contribution in [-0.4, -0.2) is 51.2 Å². The molecular weight excluding hydrogens is 152 g/mol. The normalized spacial score (nSPS) is 37.1. The third-order valence-corrected chi connectivity index (χ3v) is 1.60. The predicted molar refractivity (Wildman–Crippen MR) is 35.2 cm³/mol. The summed E-state index contributed by atoms with van der Waals surface area (Å²) < 4.78 is 0. The number of nitrogens with one attached hydrogen (secondary N) is 1. The molecule has 11 heavy (non-hydrogen) atoms. The van der Waals surface area contributed by atoms with Gasteiger partial charge < -0.3 is 15.3 Å². The van der Waals surface area contributed by atoms with Gasteiger partial charge >= 0.3 is 0 Å². The summed E-state index contributed by atoms with van der Waals surface area (Å²) in [4.78, 5) is 3.59. The maximum absolute atomic E-state index is 9.08. The zero-order valence-electron chi connectivity index (χ0n) is 5.68. The molecule has 0 aromatic rings. The van der Waals surface area contributed by atoms with Crippen LogP contribution in [0.1, 0.15) is 0 Å². The van der Waals surface area contributed by atoms with Crippen molar-refractivity contribution in [3.63, 3.8) is 0 Å². The molecular formula is C5H10N2O4. The van der Waals surface area contributed by atoms with E-state index in [-0.39, 0.29) is 12.4 Å². The van der Waals surface area contributed by atoms with Gasteiger partial charge in [-0.15, -0.1) is 0 Å². The number of aliphatic hydroxyl groups excluding tert-OH is 3. The first-order valence-corrected chi connectivity index (χ1v) is 3.15. The van der Waals surface area contributed by atoms with Gasteiger partial charge in [-0.25, -0.2) is 0 Å².